The molecule has 3 aliphatic heterocycles. The number of likely N-dealkylation sites (tertiary alicyclic amines) is 1. The molecule has 6 nitrogen and oxygen atoms in total. The van der Waals surface area contributed by atoms with Crippen molar-refractivity contribution in [1.82, 2.24) is 19.7 Å². The van der Waals surface area contributed by atoms with Gasteiger partial charge in [0.05, 0.1) is 17.2 Å². The Balaban J connectivity index is 1.57. The topological polar surface area (TPSA) is 59.9 Å². The summed E-state index contributed by atoms with van der Waals surface area (Å²) in [6.07, 6.45) is 3.84. The Morgan fingerprint density at radius 3 is 2.91 bits per heavy atom. The smallest absolute Gasteiger partial charge is 0.255 e. The van der Waals surface area contributed by atoms with Gasteiger partial charge in [0.25, 0.3) is 5.91 Å². The Morgan fingerprint density at radius 2 is 2.22 bits per heavy atom. The third-order valence-electron chi connectivity index (χ3n) is 5.60. The summed E-state index contributed by atoms with van der Waals surface area (Å²) in [7, 11) is 0. The van der Waals surface area contributed by atoms with Gasteiger partial charge in [-0.2, -0.15) is 0 Å². The number of hydrogen-bond donors (Lipinski definition) is 1. The number of nitrogens with zero attached hydrogens (tertiary/aromatic N) is 4. The maximum absolute atomic E-state index is 12.8. The van der Waals surface area contributed by atoms with Gasteiger partial charge in [-0.15, -0.1) is 0 Å². The first-order chi connectivity index (χ1) is 11.1. The number of β-amino-alcohol motifs (C(OH)–C–C–N with tert-alkyl or cyclic N) is 1. The molecule has 23 heavy (non-hydrogen) atoms. The lowest BCUT2D eigenvalue weighted by molar-refractivity contribution is -0.103. The van der Waals surface area contributed by atoms with Crippen molar-refractivity contribution in [3.63, 3.8) is 0 Å². The third-order valence-corrected chi connectivity index (χ3v) is 5.60. The van der Waals surface area contributed by atoms with Gasteiger partial charge in [0, 0.05) is 51.2 Å². The summed E-state index contributed by atoms with van der Waals surface area (Å²) in [5, 5.41) is 10.1. The van der Waals surface area contributed by atoms with Crippen LogP contribution in [-0.2, 0) is 0 Å². The molecule has 1 aromatic rings. The van der Waals surface area contributed by atoms with E-state index in [9.17, 15) is 9.90 Å². The summed E-state index contributed by atoms with van der Waals surface area (Å²) in [5.74, 6) is 0.0634. The average Bonchev–Trinajstić information content (AvgIpc) is 2.92. The number of piperazine rings is 1. The normalized spacial score (nSPS) is 30.3. The van der Waals surface area contributed by atoms with Crippen molar-refractivity contribution in [2.75, 3.05) is 39.3 Å². The van der Waals surface area contributed by atoms with Crippen molar-refractivity contribution in [3.8, 4) is 0 Å². The van der Waals surface area contributed by atoms with Crippen LogP contribution in [0.4, 0.5) is 0 Å². The summed E-state index contributed by atoms with van der Waals surface area (Å²) >= 11 is 0. The quantitative estimate of drug-likeness (QED) is 0.835. The minimum absolute atomic E-state index is 0.0221. The van der Waals surface area contributed by atoms with Gasteiger partial charge in [0.1, 0.15) is 0 Å². The number of amides is 1. The number of hydrogen-bond acceptors (Lipinski definition) is 5. The highest BCUT2D eigenvalue weighted by atomic mass is 16.3. The van der Waals surface area contributed by atoms with E-state index in [1.807, 2.05) is 11.0 Å². The summed E-state index contributed by atoms with van der Waals surface area (Å²) in [6.45, 7) is 7.40. The van der Waals surface area contributed by atoms with Crippen molar-refractivity contribution in [3.05, 3.63) is 30.1 Å². The van der Waals surface area contributed by atoms with E-state index in [1.54, 1.807) is 18.5 Å². The second kappa shape index (κ2) is 5.54. The molecule has 0 saturated carbocycles. The highest BCUT2D eigenvalue weighted by Crippen LogP contribution is 2.39. The van der Waals surface area contributed by atoms with Gasteiger partial charge in [-0.1, -0.05) is 6.92 Å². The van der Waals surface area contributed by atoms with E-state index in [0.29, 0.717) is 12.1 Å². The van der Waals surface area contributed by atoms with Gasteiger partial charge >= 0.3 is 0 Å². The molecular formula is C17H24N4O2. The molecule has 0 radical (unpaired) electrons. The van der Waals surface area contributed by atoms with Crippen molar-refractivity contribution in [2.24, 2.45) is 0 Å². The highest BCUT2D eigenvalue weighted by molar-refractivity contribution is 5.94. The molecule has 3 aliphatic rings. The second-order valence-electron chi connectivity index (χ2n) is 7.15. The molecule has 1 amide bonds. The van der Waals surface area contributed by atoms with E-state index in [-0.39, 0.29) is 23.6 Å². The number of fused-ring (bicyclic) bond motifs is 2. The standard InChI is InChI=1S/C17H24N4O2/c1-2-19-10-17(11-19)12-20(8-14-6-15(22)9-21(14)17)16(23)13-4-3-5-18-7-13/h3-5,7,14-15,22H,2,6,8-12H2,1H3/t14-,15+/m0/s1. The van der Waals surface area contributed by atoms with Crippen molar-refractivity contribution in [2.45, 2.75) is 31.0 Å². The maximum atomic E-state index is 12.8. The fourth-order valence-electron chi connectivity index (χ4n) is 4.53. The van der Waals surface area contributed by atoms with Gasteiger partial charge in [0.2, 0.25) is 0 Å². The zero-order valence-corrected chi connectivity index (χ0v) is 13.6. The molecule has 3 saturated heterocycles. The van der Waals surface area contributed by atoms with Gasteiger partial charge in [-0.05, 0) is 25.1 Å². The fourth-order valence-corrected chi connectivity index (χ4v) is 4.53. The molecule has 0 unspecified atom stereocenters. The van der Waals surface area contributed by atoms with Crippen LogP contribution in [0.25, 0.3) is 0 Å². The molecule has 0 aromatic carbocycles. The minimum Gasteiger partial charge on any atom is -0.392 e. The SMILES string of the molecule is CCN1CC2(C1)CN(C(=O)c1cccnc1)C[C@@H]1C[C@@H](O)CN12. The van der Waals surface area contributed by atoms with Crippen molar-refractivity contribution >= 4 is 5.91 Å². The van der Waals surface area contributed by atoms with Gasteiger partial charge in [0.15, 0.2) is 0 Å². The molecule has 0 aliphatic carbocycles. The van der Waals surface area contributed by atoms with Crippen molar-refractivity contribution in [1.29, 1.82) is 0 Å². The van der Waals surface area contributed by atoms with Crippen molar-refractivity contribution < 1.29 is 9.90 Å². The van der Waals surface area contributed by atoms with Crippen LogP contribution in [0, 0.1) is 0 Å². The summed E-state index contributed by atoms with van der Waals surface area (Å²) in [4.78, 5) is 23.8. The number of aliphatic hydroxyl groups is 1. The van der Waals surface area contributed by atoms with Crippen LogP contribution in [0.3, 0.4) is 0 Å². The number of carbonyl (C=O) groups is 1. The lowest BCUT2D eigenvalue weighted by atomic mass is 9.83. The van der Waals surface area contributed by atoms with Gasteiger partial charge in [-0.3, -0.25) is 19.6 Å². The first-order valence-electron chi connectivity index (χ1n) is 8.48. The predicted molar refractivity (Wildman–Crippen MR) is 86.1 cm³/mol. The Kier molecular flexibility index (Phi) is 3.63. The minimum atomic E-state index is -0.263. The largest absolute Gasteiger partial charge is 0.392 e. The van der Waals surface area contributed by atoms with E-state index in [2.05, 4.69) is 21.7 Å². The Hall–Kier alpha value is -1.50. The third kappa shape index (κ3) is 2.45. The first kappa shape index (κ1) is 15.1. The lowest BCUT2D eigenvalue weighted by Crippen LogP contribution is -2.78. The second-order valence-corrected chi connectivity index (χ2v) is 7.15. The summed E-state index contributed by atoms with van der Waals surface area (Å²) in [6, 6.07) is 3.91. The molecule has 3 fully saturated rings. The monoisotopic (exact) mass is 316 g/mol. The summed E-state index contributed by atoms with van der Waals surface area (Å²) < 4.78 is 0. The van der Waals surface area contributed by atoms with E-state index < -0.39 is 0 Å². The number of carbonyl (C=O) groups excluding carboxylic acids is 1. The average molecular weight is 316 g/mol. The van der Waals surface area contributed by atoms with Crippen LogP contribution in [0.2, 0.25) is 0 Å². The summed E-state index contributed by atoms with van der Waals surface area (Å²) in [5.41, 5.74) is 0.676. The molecule has 1 aromatic heterocycles. The Morgan fingerprint density at radius 1 is 1.39 bits per heavy atom. The lowest BCUT2D eigenvalue weighted by Gasteiger charge is -2.61. The number of pyridine rings is 1. The molecule has 2 atom stereocenters. The van der Waals surface area contributed by atoms with E-state index in [4.69, 9.17) is 0 Å². The van der Waals surface area contributed by atoms with Gasteiger partial charge < -0.3 is 10.0 Å². The molecule has 1 N–H and O–H groups in total. The van der Waals surface area contributed by atoms with E-state index in [0.717, 1.165) is 39.1 Å². The van der Waals surface area contributed by atoms with E-state index in [1.165, 1.54) is 0 Å². The Bertz CT molecular complexity index is 588. The molecule has 6 heteroatoms. The van der Waals surface area contributed by atoms with Crippen LogP contribution >= 0.6 is 0 Å². The van der Waals surface area contributed by atoms with Crippen LogP contribution in [0.1, 0.15) is 23.7 Å². The Labute approximate surface area is 136 Å². The van der Waals surface area contributed by atoms with Gasteiger partial charge in [-0.25, -0.2) is 0 Å². The highest BCUT2D eigenvalue weighted by Gasteiger charge is 2.56. The number of rotatable bonds is 2. The molecule has 4 heterocycles. The zero-order chi connectivity index (χ0) is 16.0. The van der Waals surface area contributed by atoms with Crippen LogP contribution in [-0.4, -0.2) is 87.7 Å². The zero-order valence-electron chi connectivity index (χ0n) is 13.6. The number of likely N-dealkylation sites (N-methyl/N-ethyl adjacent to an activating group) is 1. The fraction of sp³-hybridized carbons (Fsp3) is 0.647. The number of aromatic nitrogens is 1. The maximum Gasteiger partial charge on any atom is 0.255 e. The van der Waals surface area contributed by atoms with Crippen LogP contribution in [0.5, 0.6) is 0 Å². The molecule has 1 spiro atoms. The molecule has 4 rings (SSSR count). The number of aliphatic hydroxyl groups excluding tert-OH is 1. The molecule has 124 valence electrons. The predicted octanol–water partition coefficient (Wildman–Crippen LogP) is 0.0469. The molecule has 0 bridgehead atoms. The van der Waals surface area contributed by atoms with Crippen LogP contribution < -0.4 is 0 Å². The first-order valence-corrected chi connectivity index (χ1v) is 8.48. The van der Waals surface area contributed by atoms with E-state index >= 15 is 0 Å². The molecular weight excluding hydrogens is 292 g/mol. The van der Waals surface area contributed by atoms with Crippen LogP contribution in [0.15, 0.2) is 24.5 Å².